The van der Waals surface area contributed by atoms with E-state index < -0.39 is 5.82 Å². The molecule has 6 heteroatoms. The summed E-state index contributed by atoms with van der Waals surface area (Å²) in [5, 5.41) is 7.40. The Morgan fingerprint density at radius 2 is 2.22 bits per heavy atom. The number of para-hydroxylation sites is 1. The molecule has 1 unspecified atom stereocenters. The van der Waals surface area contributed by atoms with Crippen molar-refractivity contribution >= 4 is 5.91 Å². The van der Waals surface area contributed by atoms with E-state index in [9.17, 15) is 9.18 Å². The van der Waals surface area contributed by atoms with Crippen LogP contribution in [0.2, 0.25) is 0 Å². The van der Waals surface area contributed by atoms with Crippen molar-refractivity contribution in [2.45, 2.75) is 31.2 Å². The van der Waals surface area contributed by atoms with E-state index in [2.05, 4.69) is 10.4 Å². The van der Waals surface area contributed by atoms with E-state index in [1.807, 2.05) is 6.07 Å². The van der Waals surface area contributed by atoms with Crippen molar-refractivity contribution in [3.63, 3.8) is 0 Å². The molecule has 1 N–H and O–H groups in total. The number of hydrogen-bond acceptors (Lipinski definition) is 3. The number of nitrogens with zero attached hydrogens (tertiary/aromatic N) is 2. The van der Waals surface area contributed by atoms with Crippen LogP contribution in [0.4, 0.5) is 4.39 Å². The van der Waals surface area contributed by atoms with Gasteiger partial charge in [0.15, 0.2) is 11.6 Å². The third-order valence-electron chi connectivity index (χ3n) is 4.46. The number of rotatable bonds is 3. The summed E-state index contributed by atoms with van der Waals surface area (Å²) < 4.78 is 20.8. The normalized spacial score (nSPS) is 19.8. The highest BCUT2D eigenvalue weighted by molar-refractivity contribution is 5.93. The smallest absolute Gasteiger partial charge is 0.270 e. The van der Waals surface area contributed by atoms with Crippen LogP contribution in [0.15, 0.2) is 24.3 Å². The zero-order chi connectivity index (χ0) is 16.0. The first kappa shape index (κ1) is 14.2. The Labute approximate surface area is 133 Å². The lowest BCUT2D eigenvalue weighted by Crippen LogP contribution is -2.33. The van der Waals surface area contributed by atoms with Gasteiger partial charge in [-0.1, -0.05) is 12.1 Å². The van der Waals surface area contributed by atoms with Crippen molar-refractivity contribution in [1.82, 2.24) is 15.1 Å². The van der Waals surface area contributed by atoms with Gasteiger partial charge in [-0.05, 0) is 25.0 Å². The van der Waals surface area contributed by atoms with Crippen LogP contribution in [0, 0.1) is 5.82 Å². The molecule has 2 aliphatic rings. The first-order valence-electron chi connectivity index (χ1n) is 7.89. The zero-order valence-corrected chi connectivity index (χ0v) is 12.9. The second-order valence-corrected chi connectivity index (χ2v) is 6.17. The molecule has 0 radical (unpaired) electrons. The molecule has 1 atom stereocenters. The molecule has 1 fully saturated rings. The number of hydrogen-bond donors (Lipinski definition) is 1. The fraction of sp³-hybridized carbons (Fsp3) is 0.412. The molecular weight excluding hydrogens is 297 g/mol. The molecule has 1 amide bonds. The van der Waals surface area contributed by atoms with Crippen LogP contribution in [0.3, 0.4) is 0 Å². The maximum atomic E-state index is 13.8. The van der Waals surface area contributed by atoms with Crippen molar-refractivity contribution in [3.05, 3.63) is 47.0 Å². The second-order valence-electron chi connectivity index (χ2n) is 6.17. The van der Waals surface area contributed by atoms with Crippen molar-refractivity contribution < 1.29 is 13.9 Å². The Bertz CT molecular complexity index is 767. The minimum absolute atomic E-state index is 0.186. The van der Waals surface area contributed by atoms with Crippen LogP contribution in [0.1, 0.15) is 53.0 Å². The Balaban J connectivity index is 1.57. The van der Waals surface area contributed by atoms with E-state index in [-0.39, 0.29) is 17.7 Å². The maximum Gasteiger partial charge on any atom is 0.270 e. The molecule has 1 saturated carbocycles. The molecule has 2 aromatic rings. The molecule has 5 nitrogen and oxygen atoms in total. The van der Waals surface area contributed by atoms with Gasteiger partial charge >= 0.3 is 0 Å². The summed E-state index contributed by atoms with van der Waals surface area (Å²) in [6.07, 6.45) is 2.91. The van der Waals surface area contributed by atoms with E-state index in [4.69, 9.17) is 4.74 Å². The van der Waals surface area contributed by atoms with E-state index in [0.29, 0.717) is 30.2 Å². The van der Waals surface area contributed by atoms with Gasteiger partial charge in [0.25, 0.3) is 5.91 Å². The summed E-state index contributed by atoms with van der Waals surface area (Å²) in [6, 6.07) is 6.41. The van der Waals surface area contributed by atoms with Gasteiger partial charge in [0, 0.05) is 24.9 Å². The monoisotopic (exact) mass is 315 g/mol. The number of carbonyl (C=O) groups is 1. The van der Waals surface area contributed by atoms with Crippen LogP contribution < -0.4 is 10.1 Å². The molecule has 1 aromatic carbocycles. The van der Waals surface area contributed by atoms with E-state index in [1.165, 1.54) is 6.07 Å². The molecule has 4 rings (SSSR count). The highest BCUT2D eigenvalue weighted by Gasteiger charge is 2.30. The Kier molecular flexibility index (Phi) is 3.32. The number of aryl methyl sites for hydroxylation is 1. The number of carbonyl (C=O) groups excluding carboxylic acids is 1. The van der Waals surface area contributed by atoms with Crippen molar-refractivity contribution in [2.75, 3.05) is 6.61 Å². The number of ether oxygens (including phenoxy) is 1. The van der Waals surface area contributed by atoms with Crippen LogP contribution in [-0.4, -0.2) is 22.3 Å². The number of halogens is 1. The number of benzene rings is 1. The van der Waals surface area contributed by atoms with Crippen molar-refractivity contribution in [1.29, 1.82) is 0 Å². The first-order valence-corrected chi connectivity index (χ1v) is 7.89. The van der Waals surface area contributed by atoms with E-state index in [1.54, 1.807) is 23.9 Å². The molecule has 1 aliphatic heterocycles. The Morgan fingerprint density at radius 3 is 3.00 bits per heavy atom. The van der Waals surface area contributed by atoms with Gasteiger partial charge in [-0.25, -0.2) is 4.39 Å². The van der Waals surface area contributed by atoms with Gasteiger partial charge in [0.05, 0.1) is 18.3 Å². The third-order valence-corrected chi connectivity index (χ3v) is 4.46. The predicted molar refractivity (Wildman–Crippen MR) is 81.9 cm³/mol. The summed E-state index contributed by atoms with van der Waals surface area (Å²) in [4.78, 5) is 12.6. The average molecular weight is 315 g/mol. The second kappa shape index (κ2) is 5.37. The maximum absolute atomic E-state index is 13.8. The first-order chi connectivity index (χ1) is 11.1. The summed E-state index contributed by atoms with van der Waals surface area (Å²) in [7, 11) is 1.78. The van der Waals surface area contributed by atoms with Gasteiger partial charge in [-0.2, -0.15) is 5.10 Å². The van der Waals surface area contributed by atoms with Crippen LogP contribution in [0.25, 0.3) is 0 Å². The minimum atomic E-state index is -0.391. The molecule has 1 aliphatic carbocycles. The zero-order valence-electron chi connectivity index (χ0n) is 12.9. The Morgan fingerprint density at radius 1 is 1.39 bits per heavy atom. The molecule has 23 heavy (non-hydrogen) atoms. The Hall–Kier alpha value is -2.37. The number of amides is 1. The van der Waals surface area contributed by atoms with Gasteiger partial charge in [-0.3, -0.25) is 9.48 Å². The summed E-state index contributed by atoms with van der Waals surface area (Å²) >= 11 is 0. The van der Waals surface area contributed by atoms with Gasteiger partial charge < -0.3 is 10.1 Å². The average Bonchev–Trinajstić information content (AvgIpc) is 3.31. The largest absolute Gasteiger partial charge is 0.490 e. The molecule has 0 spiro atoms. The lowest BCUT2D eigenvalue weighted by Gasteiger charge is -2.26. The minimum Gasteiger partial charge on any atom is -0.490 e. The topological polar surface area (TPSA) is 56.2 Å². The van der Waals surface area contributed by atoms with Gasteiger partial charge in [0.1, 0.15) is 5.69 Å². The lowest BCUT2D eigenvalue weighted by atomic mass is 10.00. The highest BCUT2D eigenvalue weighted by Crippen LogP contribution is 2.39. The van der Waals surface area contributed by atoms with Crippen LogP contribution in [-0.2, 0) is 7.05 Å². The van der Waals surface area contributed by atoms with E-state index in [0.717, 1.165) is 18.5 Å². The number of fused-ring (bicyclic) bond motifs is 1. The molecule has 0 saturated heterocycles. The van der Waals surface area contributed by atoms with Crippen LogP contribution in [0.5, 0.6) is 5.75 Å². The van der Waals surface area contributed by atoms with Crippen molar-refractivity contribution in [2.24, 2.45) is 7.05 Å². The SMILES string of the molecule is Cn1nc(C2CC2)cc1C(=O)NC1CCOc2c(F)cccc21. The van der Waals surface area contributed by atoms with Crippen LogP contribution >= 0.6 is 0 Å². The summed E-state index contributed by atoms with van der Waals surface area (Å²) in [5.41, 5.74) is 2.21. The standard InChI is InChI=1S/C17H18FN3O2/c1-21-15(9-14(20-21)10-5-6-10)17(22)19-13-7-8-23-16-11(13)3-2-4-12(16)18/h2-4,9-10,13H,5-8H2,1H3,(H,19,22). The molecule has 2 heterocycles. The van der Waals surface area contributed by atoms with Gasteiger partial charge in [0.2, 0.25) is 0 Å². The van der Waals surface area contributed by atoms with E-state index >= 15 is 0 Å². The molecule has 120 valence electrons. The highest BCUT2D eigenvalue weighted by atomic mass is 19.1. The quantitative estimate of drug-likeness (QED) is 0.947. The fourth-order valence-electron chi connectivity index (χ4n) is 3.05. The predicted octanol–water partition coefficient (Wildman–Crippen LogP) is 2.69. The summed E-state index contributed by atoms with van der Waals surface area (Å²) in [5.74, 6) is 0.167. The third kappa shape index (κ3) is 2.58. The molecule has 1 aromatic heterocycles. The number of nitrogens with one attached hydrogen (secondary N) is 1. The molecular formula is C17H18FN3O2. The molecule has 0 bridgehead atoms. The fourth-order valence-corrected chi connectivity index (χ4v) is 3.05. The summed E-state index contributed by atoms with van der Waals surface area (Å²) in [6.45, 7) is 0.386. The van der Waals surface area contributed by atoms with Gasteiger partial charge in [-0.15, -0.1) is 0 Å². The number of aromatic nitrogens is 2. The lowest BCUT2D eigenvalue weighted by molar-refractivity contribution is 0.0914. The van der Waals surface area contributed by atoms with Crippen molar-refractivity contribution in [3.8, 4) is 5.75 Å².